The molecule has 1 aromatic rings. The highest BCUT2D eigenvalue weighted by Gasteiger charge is 2.40. The second-order valence-corrected chi connectivity index (χ2v) is 5.56. The molecule has 0 bridgehead atoms. The lowest BCUT2D eigenvalue weighted by Gasteiger charge is -2.38. The van der Waals surface area contributed by atoms with Crippen LogP contribution in [0, 0.1) is 0 Å². The monoisotopic (exact) mass is 274 g/mol. The number of anilines is 1. The van der Waals surface area contributed by atoms with Crippen molar-refractivity contribution in [1.29, 1.82) is 0 Å². The maximum atomic E-state index is 12.5. The number of nitrogens with zero attached hydrogens (tertiary/aromatic N) is 1. The van der Waals surface area contributed by atoms with Crippen LogP contribution in [0.4, 0.5) is 5.69 Å². The summed E-state index contributed by atoms with van der Waals surface area (Å²) >= 11 is 0. The molecule has 1 aromatic carbocycles. The van der Waals surface area contributed by atoms with E-state index in [9.17, 15) is 4.79 Å². The maximum absolute atomic E-state index is 12.5. The molecule has 2 rings (SSSR count). The number of ether oxygens (including phenoxy) is 1. The topological polar surface area (TPSA) is 55.6 Å². The highest BCUT2D eigenvalue weighted by atomic mass is 16.5. The molecule has 4 nitrogen and oxygen atoms in total. The van der Waals surface area contributed by atoms with Crippen LogP contribution in [-0.4, -0.2) is 18.1 Å². The fourth-order valence-corrected chi connectivity index (χ4v) is 2.36. The van der Waals surface area contributed by atoms with Crippen molar-refractivity contribution in [2.24, 2.45) is 5.73 Å². The highest BCUT2D eigenvalue weighted by molar-refractivity contribution is 6.02. The Labute approximate surface area is 120 Å². The van der Waals surface area contributed by atoms with Crippen LogP contribution in [0.15, 0.2) is 30.9 Å². The summed E-state index contributed by atoms with van der Waals surface area (Å²) in [6.07, 6.45) is 2.57. The third-order valence-electron chi connectivity index (χ3n) is 3.58. The quantitative estimate of drug-likeness (QED) is 0.859. The number of fused-ring (bicyclic) bond motifs is 1. The van der Waals surface area contributed by atoms with E-state index in [0.29, 0.717) is 12.3 Å². The highest BCUT2D eigenvalue weighted by Crippen LogP contribution is 2.39. The van der Waals surface area contributed by atoms with Crippen molar-refractivity contribution in [3.8, 4) is 5.75 Å². The number of carbonyl (C=O) groups is 1. The first kappa shape index (κ1) is 14.6. The summed E-state index contributed by atoms with van der Waals surface area (Å²) in [5, 5.41) is 0. The van der Waals surface area contributed by atoms with E-state index in [2.05, 4.69) is 6.58 Å². The number of carbonyl (C=O) groups excluding carboxylic acids is 1. The van der Waals surface area contributed by atoms with Crippen LogP contribution >= 0.6 is 0 Å². The van der Waals surface area contributed by atoms with Gasteiger partial charge in [-0.15, -0.1) is 6.58 Å². The molecule has 2 N–H and O–H groups in total. The average Bonchev–Trinajstić information content (AvgIpc) is 2.42. The Morgan fingerprint density at radius 3 is 2.80 bits per heavy atom. The Balaban J connectivity index is 2.50. The fourth-order valence-electron chi connectivity index (χ4n) is 2.36. The zero-order chi connectivity index (χ0) is 14.9. The van der Waals surface area contributed by atoms with Gasteiger partial charge in [0.2, 0.25) is 0 Å². The predicted octanol–water partition coefficient (Wildman–Crippen LogP) is 2.79. The fraction of sp³-hybridized carbons (Fsp3) is 0.438. The van der Waals surface area contributed by atoms with E-state index in [4.69, 9.17) is 10.5 Å². The third kappa shape index (κ3) is 2.43. The van der Waals surface area contributed by atoms with Crippen molar-refractivity contribution < 1.29 is 9.53 Å². The number of amides is 1. The Hall–Kier alpha value is -1.81. The molecule has 1 unspecified atom stereocenters. The van der Waals surface area contributed by atoms with Gasteiger partial charge in [0.15, 0.2) is 5.60 Å². The van der Waals surface area contributed by atoms with E-state index in [1.807, 2.05) is 25.1 Å². The van der Waals surface area contributed by atoms with E-state index in [1.165, 1.54) is 0 Å². The zero-order valence-corrected chi connectivity index (χ0v) is 12.3. The number of hydrogen-bond acceptors (Lipinski definition) is 3. The van der Waals surface area contributed by atoms with Crippen LogP contribution in [0.25, 0.3) is 0 Å². The van der Waals surface area contributed by atoms with Crippen molar-refractivity contribution in [3.05, 3.63) is 36.4 Å². The van der Waals surface area contributed by atoms with Crippen LogP contribution in [0.3, 0.4) is 0 Å². The minimum absolute atomic E-state index is 0.0316. The Kier molecular flexibility index (Phi) is 3.86. The number of hydrogen-bond donors (Lipinski definition) is 1. The van der Waals surface area contributed by atoms with E-state index < -0.39 is 5.60 Å². The summed E-state index contributed by atoms with van der Waals surface area (Å²) in [7, 11) is 0. The van der Waals surface area contributed by atoms with Crippen LogP contribution in [0.1, 0.15) is 38.8 Å². The summed E-state index contributed by atoms with van der Waals surface area (Å²) in [5.41, 5.74) is 7.00. The molecule has 1 aliphatic rings. The maximum Gasteiger partial charge on any atom is 0.270 e. The predicted molar refractivity (Wildman–Crippen MR) is 80.9 cm³/mol. The molecule has 1 atom stereocenters. The lowest BCUT2D eigenvalue weighted by Crippen LogP contribution is -2.52. The van der Waals surface area contributed by atoms with Crippen molar-refractivity contribution in [1.82, 2.24) is 0 Å². The molecule has 0 fully saturated rings. The normalized spacial score (nSPS) is 18.2. The number of nitrogens with two attached hydrogens (primary N) is 1. The Bertz CT molecular complexity index is 537. The lowest BCUT2D eigenvalue weighted by atomic mass is 10.00. The first-order chi connectivity index (χ1) is 9.40. The van der Waals surface area contributed by atoms with Gasteiger partial charge in [0, 0.05) is 12.6 Å². The first-order valence-corrected chi connectivity index (χ1v) is 6.92. The standard InChI is InChI=1S/C16H22N2O2/c1-5-9-18-13-10-11(12(17)6-2)7-8-14(13)20-16(3,4)15(18)19/h5,7-8,10,12H,1,6,9,17H2,2-4H3. The van der Waals surface area contributed by atoms with Gasteiger partial charge >= 0.3 is 0 Å². The van der Waals surface area contributed by atoms with Gasteiger partial charge in [-0.25, -0.2) is 0 Å². The minimum Gasteiger partial charge on any atom is -0.476 e. The molecule has 1 heterocycles. The van der Waals surface area contributed by atoms with Gasteiger partial charge in [-0.2, -0.15) is 0 Å². The molecule has 4 heteroatoms. The van der Waals surface area contributed by atoms with Gasteiger partial charge < -0.3 is 15.4 Å². The third-order valence-corrected chi connectivity index (χ3v) is 3.58. The van der Waals surface area contributed by atoms with Crippen LogP contribution in [0.5, 0.6) is 5.75 Å². The first-order valence-electron chi connectivity index (χ1n) is 6.92. The Morgan fingerprint density at radius 1 is 1.50 bits per heavy atom. The molecule has 20 heavy (non-hydrogen) atoms. The second kappa shape index (κ2) is 5.29. The van der Waals surface area contributed by atoms with Crippen LogP contribution < -0.4 is 15.4 Å². The van der Waals surface area contributed by atoms with Gasteiger partial charge in [-0.05, 0) is 38.0 Å². The van der Waals surface area contributed by atoms with Gasteiger partial charge in [-0.3, -0.25) is 4.79 Å². The minimum atomic E-state index is -0.857. The molecule has 1 aliphatic heterocycles. The zero-order valence-electron chi connectivity index (χ0n) is 12.3. The summed E-state index contributed by atoms with van der Waals surface area (Å²) in [5.74, 6) is 0.649. The lowest BCUT2D eigenvalue weighted by molar-refractivity contribution is -0.132. The molecule has 1 amide bonds. The molecule has 0 spiro atoms. The SMILES string of the molecule is C=CCN1C(=O)C(C)(C)Oc2ccc(C(N)CC)cc21. The van der Waals surface area contributed by atoms with E-state index >= 15 is 0 Å². The van der Waals surface area contributed by atoms with Crippen LogP contribution in [-0.2, 0) is 4.79 Å². The molecule has 0 aromatic heterocycles. The van der Waals surface area contributed by atoms with Crippen molar-refractivity contribution in [2.45, 2.75) is 38.8 Å². The molecular formula is C16H22N2O2. The Morgan fingerprint density at radius 2 is 2.20 bits per heavy atom. The second-order valence-electron chi connectivity index (χ2n) is 5.56. The number of rotatable bonds is 4. The average molecular weight is 274 g/mol. The molecule has 0 saturated carbocycles. The van der Waals surface area contributed by atoms with Gasteiger partial charge in [0.25, 0.3) is 5.91 Å². The van der Waals surface area contributed by atoms with Gasteiger partial charge in [0.05, 0.1) is 5.69 Å². The van der Waals surface area contributed by atoms with E-state index in [0.717, 1.165) is 17.7 Å². The van der Waals surface area contributed by atoms with E-state index in [1.54, 1.807) is 24.8 Å². The van der Waals surface area contributed by atoms with E-state index in [-0.39, 0.29) is 11.9 Å². The largest absolute Gasteiger partial charge is 0.476 e. The molecule has 108 valence electrons. The van der Waals surface area contributed by atoms with Crippen molar-refractivity contribution >= 4 is 11.6 Å². The summed E-state index contributed by atoms with van der Waals surface area (Å²) < 4.78 is 5.81. The molecule has 0 saturated heterocycles. The number of benzene rings is 1. The van der Waals surface area contributed by atoms with Crippen LogP contribution in [0.2, 0.25) is 0 Å². The van der Waals surface area contributed by atoms with Gasteiger partial charge in [-0.1, -0.05) is 19.1 Å². The van der Waals surface area contributed by atoms with Crippen molar-refractivity contribution in [3.63, 3.8) is 0 Å². The summed E-state index contributed by atoms with van der Waals surface area (Å²) in [6.45, 7) is 9.78. The van der Waals surface area contributed by atoms with Crippen molar-refractivity contribution in [2.75, 3.05) is 11.4 Å². The smallest absolute Gasteiger partial charge is 0.270 e. The molecular weight excluding hydrogens is 252 g/mol. The summed E-state index contributed by atoms with van der Waals surface area (Å²) in [6, 6.07) is 5.77. The van der Waals surface area contributed by atoms with Gasteiger partial charge in [0.1, 0.15) is 5.75 Å². The summed E-state index contributed by atoms with van der Waals surface area (Å²) in [4.78, 5) is 14.2. The molecule has 0 radical (unpaired) electrons. The molecule has 0 aliphatic carbocycles.